The molecule has 1 aliphatic heterocycles. The third-order valence-electron chi connectivity index (χ3n) is 3.31. The van der Waals surface area contributed by atoms with Gasteiger partial charge in [0.15, 0.2) is 0 Å². The summed E-state index contributed by atoms with van der Waals surface area (Å²) in [7, 11) is 0. The summed E-state index contributed by atoms with van der Waals surface area (Å²) < 4.78 is 0. The fraction of sp³-hybridized carbons (Fsp3) is 0.571. The predicted octanol–water partition coefficient (Wildman–Crippen LogP) is 1.76. The van der Waals surface area contributed by atoms with Crippen LogP contribution in [-0.4, -0.2) is 30.2 Å². The van der Waals surface area contributed by atoms with Gasteiger partial charge in [-0.25, -0.2) is 4.98 Å². The quantitative estimate of drug-likeness (QED) is 0.818. The number of aromatic nitrogens is 1. The molecule has 96 valence electrons. The van der Waals surface area contributed by atoms with E-state index in [9.17, 15) is 5.26 Å². The monoisotopic (exact) mass is 244 g/mol. The van der Waals surface area contributed by atoms with E-state index in [2.05, 4.69) is 35.1 Å². The van der Waals surface area contributed by atoms with Crippen LogP contribution in [0.5, 0.6) is 0 Å². The van der Waals surface area contributed by atoms with E-state index in [4.69, 9.17) is 0 Å². The molecule has 0 radical (unpaired) electrons. The lowest BCUT2D eigenvalue weighted by atomic mass is 10.0. The van der Waals surface area contributed by atoms with Crippen LogP contribution in [0.2, 0.25) is 0 Å². The molecule has 1 aromatic heterocycles. The second-order valence-electron chi connectivity index (χ2n) is 5.62. The molecular formula is C14H20N4. The Bertz CT molecular complexity index is 499. The van der Waals surface area contributed by atoms with Crippen molar-refractivity contribution in [1.82, 2.24) is 10.3 Å². The normalized spacial score (nSPS) is 18.5. The fourth-order valence-corrected chi connectivity index (χ4v) is 2.51. The molecule has 1 saturated heterocycles. The van der Waals surface area contributed by atoms with Gasteiger partial charge in [0.25, 0.3) is 0 Å². The Morgan fingerprint density at radius 2 is 2.17 bits per heavy atom. The highest BCUT2D eigenvalue weighted by Crippen LogP contribution is 2.24. The largest absolute Gasteiger partial charge is 0.352 e. The van der Waals surface area contributed by atoms with Gasteiger partial charge in [-0.05, 0) is 39.3 Å². The smallest absolute Gasteiger partial charge is 0.147 e. The Morgan fingerprint density at radius 1 is 1.44 bits per heavy atom. The zero-order valence-corrected chi connectivity index (χ0v) is 11.5. The van der Waals surface area contributed by atoms with E-state index in [1.165, 1.54) is 0 Å². The summed E-state index contributed by atoms with van der Waals surface area (Å²) in [5.41, 5.74) is 2.75. The average Bonchev–Trinajstić information content (AvgIpc) is 2.26. The van der Waals surface area contributed by atoms with Crippen molar-refractivity contribution in [3.63, 3.8) is 0 Å². The van der Waals surface area contributed by atoms with Crippen LogP contribution in [0.4, 0.5) is 5.82 Å². The molecule has 0 atom stereocenters. The van der Waals surface area contributed by atoms with Crippen LogP contribution in [0.1, 0.15) is 30.7 Å². The molecule has 1 aliphatic rings. The lowest BCUT2D eigenvalue weighted by Crippen LogP contribution is -2.57. The van der Waals surface area contributed by atoms with E-state index in [1.54, 1.807) is 0 Å². The first-order valence-corrected chi connectivity index (χ1v) is 6.31. The van der Waals surface area contributed by atoms with Crippen LogP contribution in [0, 0.1) is 25.2 Å². The number of rotatable bonds is 1. The Hall–Kier alpha value is -1.60. The molecular weight excluding hydrogens is 224 g/mol. The first-order chi connectivity index (χ1) is 8.43. The summed E-state index contributed by atoms with van der Waals surface area (Å²) in [5, 5.41) is 12.8. The van der Waals surface area contributed by atoms with Crippen LogP contribution < -0.4 is 10.2 Å². The summed E-state index contributed by atoms with van der Waals surface area (Å²) in [5.74, 6) is 0.838. The number of piperazine rings is 1. The van der Waals surface area contributed by atoms with E-state index < -0.39 is 0 Å². The molecule has 1 aromatic rings. The maximum atomic E-state index is 9.32. The minimum absolute atomic E-state index is 0.0598. The third-order valence-corrected chi connectivity index (χ3v) is 3.31. The van der Waals surface area contributed by atoms with Crippen molar-refractivity contribution < 1.29 is 0 Å². The first kappa shape index (κ1) is 12.8. The van der Waals surface area contributed by atoms with Gasteiger partial charge < -0.3 is 10.2 Å². The van der Waals surface area contributed by atoms with Gasteiger partial charge in [-0.3, -0.25) is 0 Å². The molecule has 18 heavy (non-hydrogen) atoms. The molecule has 2 rings (SSSR count). The standard InChI is InChI=1S/C14H20N4/c1-10-7-11(2)17-13(12(10)8-15)18-6-5-16-14(3,4)9-18/h7,16H,5-6,9H2,1-4H3. The molecule has 4 nitrogen and oxygen atoms in total. The van der Waals surface area contributed by atoms with E-state index >= 15 is 0 Å². The number of pyridine rings is 1. The van der Waals surface area contributed by atoms with Crippen LogP contribution in [0.3, 0.4) is 0 Å². The summed E-state index contributed by atoms with van der Waals surface area (Å²) in [6.45, 7) is 11.0. The Morgan fingerprint density at radius 3 is 2.78 bits per heavy atom. The van der Waals surface area contributed by atoms with Crippen LogP contribution in [0.15, 0.2) is 6.07 Å². The summed E-state index contributed by atoms with van der Waals surface area (Å²) in [6.07, 6.45) is 0. The molecule has 1 fully saturated rings. The Kier molecular flexibility index (Phi) is 3.27. The van der Waals surface area contributed by atoms with Crippen molar-refractivity contribution in [2.45, 2.75) is 33.2 Å². The lowest BCUT2D eigenvalue weighted by molar-refractivity contribution is 0.351. The zero-order chi connectivity index (χ0) is 13.3. The van der Waals surface area contributed by atoms with Crippen LogP contribution >= 0.6 is 0 Å². The van der Waals surface area contributed by atoms with Gasteiger partial charge >= 0.3 is 0 Å². The molecule has 0 saturated carbocycles. The minimum Gasteiger partial charge on any atom is -0.352 e. The van der Waals surface area contributed by atoms with Crippen molar-refractivity contribution >= 4 is 5.82 Å². The van der Waals surface area contributed by atoms with Crippen molar-refractivity contribution in [3.8, 4) is 6.07 Å². The van der Waals surface area contributed by atoms with Gasteiger partial charge in [-0.15, -0.1) is 0 Å². The molecule has 0 aliphatic carbocycles. The van der Waals surface area contributed by atoms with Crippen LogP contribution in [0.25, 0.3) is 0 Å². The van der Waals surface area contributed by atoms with Crippen LogP contribution in [-0.2, 0) is 0 Å². The van der Waals surface area contributed by atoms with Crippen molar-refractivity contribution in [2.75, 3.05) is 24.5 Å². The topological polar surface area (TPSA) is 52.0 Å². The molecule has 2 heterocycles. The van der Waals surface area contributed by atoms with Gasteiger partial charge in [-0.2, -0.15) is 5.26 Å². The second-order valence-corrected chi connectivity index (χ2v) is 5.62. The molecule has 0 aromatic carbocycles. The minimum atomic E-state index is 0.0598. The predicted molar refractivity (Wildman–Crippen MR) is 72.7 cm³/mol. The molecule has 0 spiro atoms. The van der Waals surface area contributed by atoms with E-state index in [0.29, 0.717) is 5.56 Å². The molecule has 0 amide bonds. The van der Waals surface area contributed by atoms with Gasteiger partial charge in [-0.1, -0.05) is 0 Å². The fourth-order valence-electron chi connectivity index (χ4n) is 2.51. The number of nitrogens with one attached hydrogen (secondary N) is 1. The van der Waals surface area contributed by atoms with Crippen molar-refractivity contribution in [2.24, 2.45) is 0 Å². The number of aryl methyl sites for hydroxylation is 2. The van der Waals surface area contributed by atoms with Gasteiger partial charge in [0.2, 0.25) is 0 Å². The highest BCUT2D eigenvalue weighted by molar-refractivity contribution is 5.58. The lowest BCUT2D eigenvalue weighted by Gasteiger charge is -2.40. The second kappa shape index (κ2) is 4.58. The van der Waals surface area contributed by atoms with Gasteiger partial charge in [0.05, 0.1) is 5.56 Å². The van der Waals surface area contributed by atoms with E-state index in [0.717, 1.165) is 36.7 Å². The molecule has 4 heteroatoms. The molecule has 0 bridgehead atoms. The molecule has 0 unspecified atom stereocenters. The number of hydrogen-bond acceptors (Lipinski definition) is 4. The van der Waals surface area contributed by atoms with E-state index in [1.807, 2.05) is 19.9 Å². The van der Waals surface area contributed by atoms with Crippen molar-refractivity contribution in [1.29, 1.82) is 5.26 Å². The van der Waals surface area contributed by atoms with Crippen molar-refractivity contribution in [3.05, 3.63) is 22.9 Å². The van der Waals surface area contributed by atoms with Gasteiger partial charge in [0.1, 0.15) is 11.9 Å². The third kappa shape index (κ3) is 2.46. The SMILES string of the molecule is Cc1cc(C)c(C#N)c(N2CCNC(C)(C)C2)n1. The Labute approximate surface area is 109 Å². The summed E-state index contributed by atoms with van der Waals surface area (Å²) >= 11 is 0. The number of nitrogens with zero attached hydrogens (tertiary/aromatic N) is 3. The number of nitriles is 1. The number of anilines is 1. The van der Waals surface area contributed by atoms with Gasteiger partial charge in [0, 0.05) is 30.9 Å². The maximum Gasteiger partial charge on any atom is 0.147 e. The highest BCUT2D eigenvalue weighted by Gasteiger charge is 2.28. The average molecular weight is 244 g/mol. The van der Waals surface area contributed by atoms with E-state index in [-0.39, 0.29) is 5.54 Å². The zero-order valence-electron chi connectivity index (χ0n) is 11.5. The highest BCUT2D eigenvalue weighted by atomic mass is 15.3. The summed E-state index contributed by atoms with van der Waals surface area (Å²) in [6, 6.07) is 4.26. The first-order valence-electron chi connectivity index (χ1n) is 6.31. The summed E-state index contributed by atoms with van der Waals surface area (Å²) in [4.78, 5) is 6.79. The molecule has 1 N–H and O–H groups in total. The maximum absolute atomic E-state index is 9.32. The number of hydrogen-bond donors (Lipinski definition) is 1. The Balaban J connectivity index is 2.42.